The van der Waals surface area contributed by atoms with Crippen molar-refractivity contribution in [1.82, 2.24) is 9.97 Å². The highest BCUT2D eigenvalue weighted by molar-refractivity contribution is 7.17. The molecule has 0 radical (unpaired) electrons. The van der Waals surface area contributed by atoms with E-state index in [1.165, 1.54) is 6.33 Å². The van der Waals surface area contributed by atoms with E-state index in [0.29, 0.717) is 47.5 Å². The second kappa shape index (κ2) is 10.4. The summed E-state index contributed by atoms with van der Waals surface area (Å²) >= 11 is 1.13. The van der Waals surface area contributed by atoms with Gasteiger partial charge in [-0.25, -0.2) is 14.8 Å². The molecule has 0 saturated heterocycles. The van der Waals surface area contributed by atoms with Crippen LogP contribution in [0.25, 0.3) is 21.3 Å². The Morgan fingerprint density at radius 2 is 1.91 bits per heavy atom. The first-order valence-electron chi connectivity index (χ1n) is 10.7. The van der Waals surface area contributed by atoms with Gasteiger partial charge in [-0.05, 0) is 30.2 Å². The number of nitrogens with one attached hydrogen (secondary N) is 1. The number of aromatic carboxylic acids is 1. The van der Waals surface area contributed by atoms with E-state index in [2.05, 4.69) is 21.4 Å². The number of nitrogens with zero attached hydrogens (tertiary/aromatic N) is 2. The lowest BCUT2D eigenvalue weighted by Crippen LogP contribution is -2.08. The van der Waals surface area contributed by atoms with Gasteiger partial charge in [-0.2, -0.15) is 0 Å². The first kappa shape index (κ1) is 23.3. The maximum atomic E-state index is 11.5. The molecule has 2 heterocycles. The van der Waals surface area contributed by atoms with Gasteiger partial charge in [-0.15, -0.1) is 11.3 Å². The van der Waals surface area contributed by atoms with Gasteiger partial charge in [-0.1, -0.05) is 24.3 Å². The number of anilines is 1. The quantitative estimate of drug-likeness (QED) is 0.323. The van der Waals surface area contributed by atoms with Crippen LogP contribution in [0, 0.1) is 0 Å². The summed E-state index contributed by atoms with van der Waals surface area (Å²) in [5.41, 5.74) is 1.67. The highest BCUT2D eigenvalue weighted by Gasteiger charge is 2.19. The van der Waals surface area contributed by atoms with Gasteiger partial charge in [0.05, 0.1) is 31.4 Å². The minimum absolute atomic E-state index is 0.155. The minimum Gasteiger partial charge on any atom is -0.493 e. The molecule has 8 nitrogen and oxygen atoms in total. The molecule has 2 aromatic heterocycles. The zero-order valence-electron chi connectivity index (χ0n) is 19.1. The van der Waals surface area contributed by atoms with Gasteiger partial charge in [0.1, 0.15) is 17.9 Å². The van der Waals surface area contributed by atoms with E-state index < -0.39 is 5.97 Å². The fourth-order valence-electron chi connectivity index (χ4n) is 3.82. The maximum absolute atomic E-state index is 11.5. The van der Waals surface area contributed by atoms with Crippen LogP contribution >= 0.6 is 11.3 Å². The van der Waals surface area contributed by atoms with Gasteiger partial charge in [0.15, 0.2) is 16.4 Å². The lowest BCUT2D eigenvalue weighted by atomic mass is 10.00. The van der Waals surface area contributed by atoms with Crippen LogP contribution in [-0.2, 0) is 6.42 Å². The van der Waals surface area contributed by atoms with Gasteiger partial charge in [0, 0.05) is 24.2 Å². The van der Waals surface area contributed by atoms with E-state index in [0.717, 1.165) is 33.4 Å². The van der Waals surface area contributed by atoms with Crippen molar-refractivity contribution in [2.45, 2.75) is 13.3 Å². The van der Waals surface area contributed by atoms with E-state index in [1.54, 1.807) is 26.4 Å². The Morgan fingerprint density at radius 3 is 2.65 bits per heavy atom. The van der Waals surface area contributed by atoms with E-state index in [1.807, 2.05) is 31.2 Å². The van der Waals surface area contributed by atoms with Crippen molar-refractivity contribution in [3.63, 3.8) is 0 Å². The van der Waals surface area contributed by atoms with Crippen LogP contribution in [0.15, 0.2) is 48.8 Å². The molecule has 0 atom stereocenters. The number of ether oxygens (including phenoxy) is 3. The van der Waals surface area contributed by atoms with Crippen molar-refractivity contribution in [3.8, 4) is 27.8 Å². The summed E-state index contributed by atoms with van der Waals surface area (Å²) in [5, 5.41) is 15.0. The number of rotatable bonds is 10. The van der Waals surface area contributed by atoms with Crippen LogP contribution in [0.5, 0.6) is 17.2 Å². The molecule has 0 aliphatic rings. The molecule has 176 valence electrons. The van der Waals surface area contributed by atoms with Crippen molar-refractivity contribution < 1.29 is 24.1 Å². The van der Waals surface area contributed by atoms with Crippen LogP contribution in [0.1, 0.15) is 22.2 Å². The molecule has 9 heteroatoms. The van der Waals surface area contributed by atoms with Crippen molar-refractivity contribution in [2.75, 3.05) is 32.7 Å². The van der Waals surface area contributed by atoms with Gasteiger partial charge < -0.3 is 24.6 Å². The number of methoxy groups -OCH3 is 2. The molecular weight excluding hydrogens is 454 g/mol. The van der Waals surface area contributed by atoms with Crippen LogP contribution in [-0.4, -0.2) is 48.4 Å². The fourth-order valence-corrected chi connectivity index (χ4v) is 4.72. The molecular formula is C25H25N3O5S. The molecule has 0 fully saturated rings. The Kier molecular flexibility index (Phi) is 7.12. The van der Waals surface area contributed by atoms with Crippen LogP contribution < -0.4 is 19.5 Å². The third kappa shape index (κ3) is 4.74. The second-order valence-electron chi connectivity index (χ2n) is 7.32. The highest BCUT2D eigenvalue weighted by atomic mass is 32.1. The summed E-state index contributed by atoms with van der Waals surface area (Å²) < 4.78 is 16.7. The summed E-state index contributed by atoms with van der Waals surface area (Å²) in [5.74, 6) is 1.37. The average molecular weight is 480 g/mol. The maximum Gasteiger partial charge on any atom is 0.349 e. The number of benzene rings is 2. The summed E-state index contributed by atoms with van der Waals surface area (Å²) in [6.07, 6.45) is 2.14. The van der Waals surface area contributed by atoms with Gasteiger partial charge in [-0.3, -0.25) is 0 Å². The lowest BCUT2D eigenvalue weighted by molar-refractivity contribution is 0.0698. The molecule has 0 spiro atoms. The van der Waals surface area contributed by atoms with Crippen LogP contribution in [0.4, 0.5) is 5.82 Å². The molecule has 2 N–H and O–H groups in total. The standard InChI is InChI=1S/C25H25N3O5S/c1-4-33-20-13-21(34-24(20)25(29)30)18-12-22(28-14-27-18)26-10-9-17-16-8-6-5-7-15(16)11-19(31-2)23(17)32-3/h5-8,11-14H,4,9-10H2,1-3H3,(H,29,30)(H,26,27,28). The predicted octanol–water partition coefficient (Wildman–Crippen LogP) is 5.13. The predicted molar refractivity (Wildman–Crippen MR) is 133 cm³/mol. The number of aromatic nitrogens is 2. The van der Waals surface area contributed by atoms with Gasteiger partial charge >= 0.3 is 5.97 Å². The molecule has 0 aliphatic heterocycles. The highest BCUT2D eigenvalue weighted by Crippen LogP contribution is 2.38. The van der Waals surface area contributed by atoms with Crippen molar-refractivity contribution >= 4 is 33.9 Å². The number of thiophene rings is 1. The van der Waals surface area contributed by atoms with E-state index in [9.17, 15) is 9.90 Å². The molecule has 0 amide bonds. The Balaban J connectivity index is 1.56. The van der Waals surface area contributed by atoms with Crippen molar-refractivity contribution in [2.24, 2.45) is 0 Å². The van der Waals surface area contributed by atoms with Crippen molar-refractivity contribution in [3.05, 3.63) is 59.2 Å². The van der Waals surface area contributed by atoms with E-state index in [4.69, 9.17) is 14.2 Å². The third-order valence-corrected chi connectivity index (χ3v) is 6.41. The molecule has 34 heavy (non-hydrogen) atoms. The van der Waals surface area contributed by atoms with E-state index in [-0.39, 0.29) is 4.88 Å². The zero-order chi connectivity index (χ0) is 24.1. The molecule has 4 aromatic rings. The largest absolute Gasteiger partial charge is 0.493 e. The summed E-state index contributed by atoms with van der Waals surface area (Å²) in [6, 6.07) is 13.6. The second-order valence-corrected chi connectivity index (χ2v) is 8.37. The lowest BCUT2D eigenvalue weighted by Gasteiger charge is -2.16. The molecule has 0 bridgehead atoms. The number of carboxylic acid groups (broad SMARTS) is 1. The number of hydrogen-bond acceptors (Lipinski definition) is 8. The Hall–Kier alpha value is -3.85. The Labute approximate surface area is 201 Å². The number of hydrogen-bond donors (Lipinski definition) is 2. The molecule has 0 aliphatic carbocycles. The molecule has 2 aromatic carbocycles. The topological polar surface area (TPSA) is 103 Å². The first-order valence-corrected chi connectivity index (χ1v) is 11.6. The number of carboxylic acids is 1. The third-order valence-electron chi connectivity index (χ3n) is 5.29. The van der Waals surface area contributed by atoms with Gasteiger partial charge in [0.25, 0.3) is 0 Å². The monoisotopic (exact) mass is 479 g/mol. The SMILES string of the molecule is CCOc1cc(-c2cc(NCCc3c(OC)c(OC)cc4ccccc34)ncn2)sc1C(=O)O. The average Bonchev–Trinajstić information content (AvgIpc) is 3.28. The van der Waals surface area contributed by atoms with E-state index >= 15 is 0 Å². The molecule has 0 saturated carbocycles. The van der Waals surface area contributed by atoms with Crippen LogP contribution in [0.3, 0.4) is 0 Å². The summed E-state index contributed by atoms with van der Waals surface area (Å²) in [7, 11) is 3.28. The minimum atomic E-state index is -1.02. The zero-order valence-corrected chi connectivity index (χ0v) is 19.9. The molecule has 0 unspecified atom stereocenters. The van der Waals surface area contributed by atoms with Gasteiger partial charge in [0.2, 0.25) is 0 Å². The first-order chi connectivity index (χ1) is 16.5. The van der Waals surface area contributed by atoms with Crippen molar-refractivity contribution in [1.29, 1.82) is 0 Å². The Morgan fingerprint density at radius 1 is 1.09 bits per heavy atom. The summed E-state index contributed by atoms with van der Waals surface area (Å²) in [6.45, 7) is 2.80. The fraction of sp³-hybridized carbons (Fsp3) is 0.240. The number of fused-ring (bicyclic) bond motifs is 1. The molecule has 4 rings (SSSR count). The summed E-state index contributed by atoms with van der Waals surface area (Å²) in [4.78, 5) is 21.0. The number of carbonyl (C=O) groups is 1. The Bertz CT molecular complexity index is 1320. The smallest absolute Gasteiger partial charge is 0.349 e. The van der Waals surface area contributed by atoms with Crippen LogP contribution in [0.2, 0.25) is 0 Å². The normalized spacial score (nSPS) is 10.8.